The number of carbonyl (C=O) groups excluding carboxylic acids is 4. The summed E-state index contributed by atoms with van der Waals surface area (Å²) in [6, 6.07) is 0. The fraction of sp³-hybridized carbons (Fsp3) is 0.846. The fourth-order valence-electron chi connectivity index (χ4n) is 2.80. The molecule has 11 nitrogen and oxygen atoms in total. The molecule has 0 aromatic heterocycles. The first kappa shape index (κ1) is 36.0. The van der Waals surface area contributed by atoms with Crippen LogP contribution in [0.1, 0.15) is 106 Å². The molecule has 0 radical (unpaired) electrons. The monoisotopic (exact) mass is 565 g/mol. The summed E-state index contributed by atoms with van der Waals surface area (Å²) in [7, 11) is -2.57. The van der Waals surface area contributed by atoms with Crippen LogP contribution in [0.3, 0.4) is 0 Å². The lowest BCUT2D eigenvalue weighted by Gasteiger charge is -2.22. The van der Waals surface area contributed by atoms with Gasteiger partial charge in [0.15, 0.2) is 0 Å². The highest BCUT2D eigenvalue weighted by Gasteiger charge is 2.30. The zero-order valence-corrected chi connectivity index (χ0v) is 25.4. The van der Waals surface area contributed by atoms with Crippen molar-refractivity contribution in [2.75, 3.05) is 26.8 Å². The van der Waals surface area contributed by atoms with E-state index in [1.165, 1.54) is 13.5 Å². The molecule has 0 aliphatic heterocycles. The van der Waals surface area contributed by atoms with Crippen LogP contribution in [0.4, 0.5) is 0 Å². The quantitative estimate of drug-likeness (QED) is 0.0705. The molecule has 0 saturated carbocycles. The normalized spacial score (nSPS) is 12.1. The maximum absolute atomic E-state index is 13.2. The lowest BCUT2D eigenvalue weighted by Crippen LogP contribution is -2.29. The van der Waals surface area contributed by atoms with Crippen LogP contribution in [-0.4, -0.2) is 55.7 Å². The summed E-state index contributed by atoms with van der Waals surface area (Å²) in [5, 5.41) is 0.863. The van der Waals surface area contributed by atoms with Crippen LogP contribution < -0.4 is 0 Å². The van der Waals surface area contributed by atoms with E-state index in [9.17, 15) is 23.7 Å². The SMILES string of the molecule is CCCCCCCCC(=O)ON(C)C(=O)CCCP(=O)(OCOC(=O)C(C)(C)C)OCOC(=O)C(C)(C)C. The number of hydroxylamine groups is 2. The molecule has 38 heavy (non-hydrogen) atoms. The Labute approximate surface area is 227 Å². The van der Waals surface area contributed by atoms with Crippen LogP contribution in [0.2, 0.25) is 0 Å². The van der Waals surface area contributed by atoms with Crippen LogP contribution in [0.5, 0.6) is 0 Å². The van der Waals surface area contributed by atoms with Crippen molar-refractivity contribution in [2.45, 2.75) is 106 Å². The summed E-state index contributed by atoms with van der Waals surface area (Å²) >= 11 is 0. The molecule has 0 saturated heterocycles. The highest BCUT2D eigenvalue weighted by atomic mass is 31.2. The second-order valence-corrected chi connectivity index (χ2v) is 13.4. The van der Waals surface area contributed by atoms with Crippen molar-refractivity contribution in [3.8, 4) is 0 Å². The molecular formula is C26H48NO10P. The van der Waals surface area contributed by atoms with E-state index in [2.05, 4.69) is 6.92 Å². The average Bonchev–Trinajstić information content (AvgIpc) is 2.79. The van der Waals surface area contributed by atoms with Gasteiger partial charge in [0, 0.05) is 19.9 Å². The number of amides is 1. The second kappa shape index (κ2) is 17.6. The van der Waals surface area contributed by atoms with Crippen molar-refractivity contribution in [1.29, 1.82) is 0 Å². The van der Waals surface area contributed by atoms with Gasteiger partial charge in [0.25, 0.3) is 5.91 Å². The molecule has 0 rings (SSSR count). The van der Waals surface area contributed by atoms with Crippen LogP contribution in [-0.2, 0) is 47.1 Å². The van der Waals surface area contributed by atoms with E-state index in [-0.39, 0.29) is 25.4 Å². The van der Waals surface area contributed by atoms with Crippen LogP contribution in [0.15, 0.2) is 0 Å². The molecular weight excluding hydrogens is 517 g/mol. The number of carbonyl (C=O) groups is 4. The van der Waals surface area contributed by atoms with Gasteiger partial charge in [-0.25, -0.2) is 4.79 Å². The van der Waals surface area contributed by atoms with E-state index in [1.54, 1.807) is 41.5 Å². The largest absolute Gasteiger partial charge is 0.438 e. The zero-order chi connectivity index (χ0) is 29.4. The Hall–Kier alpha value is -1.97. The van der Waals surface area contributed by atoms with Crippen LogP contribution >= 0.6 is 7.60 Å². The van der Waals surface area contributed by atoms with Gasteiger partial charge < -0.3 is 14.3 Å². The summed E-state index contributed by atoms with van der Waals surface area (Å²) in [4.78, 5) is 53.4. The first-order chi connectivity index (χ1) is 17.5. The number of esters is 2. The second-order valence-electron chi connectivity index (χ2n) is 11.2. The van der Waals surface area contributed by atoms with E-state index in [0.29, 0.717) is 6.42 Å². The molecule has 12 heteroatoms. The number of rotatable bonds is 17. The summed E-state index contributed by atoms with van der Waals surface area (Å²) in [5.74, 6) is -2.12. The number of nitrogens with zero attached hydrogens (tertiary/aromatic N) is 1. The van der Waals surface area contributed by atoms with E-state index in [1.807, 2.05) is 0 Å². The van der Waals surface area contributed by atoms with Gasteiger partial charge in [-0.1, -0.05) is 39.0 Å². The Morgan fingerprint density at radius 3 is 1.66 bits per heavy atom. The van der Waals surface area contributed by atoms with Crippen LogP contribution in [0, 0.1) is 10.8 Å². The maximum atomic E-state index is 13.2. The van der Waals surface area contributed by atoms with Crippen molar-refractivity contribution < 1.29 is 47.1 Å². The lowest BCUT2D eigenvalue weighted by molar-refractivity contribution is -0.192. The lowest BCUT2D eigenvalue weighted by atomic mass is 9.98. The summed E-state index contributed by atoms with van der Waals surface area (Å²) in [5.41, 5.74) is -1.58. The van der Waals surface area contributed by atoms with Gasteiger partial charge in [0.1, 0.15) is 0 Å². The molecule has 0 fully saturated rings. The third kappa shape index (κ3) is 16.8. The van der Waals surface area contributed by atoms with Crippen LogP contribution in [0.25, 0.3) is 0 Å². The molecule has 0 atom stereocenters. The van der Waals surface area contributed by atoms with Crippen molar-refractivity contribution >= 4 is 31.4 Å². The molecule has 1 amide bonds. The van der Waals surface area contributed by atoms with Crippen molar-refractivity contribution in [2.24, 2.45) is 10.8 Å². The Bertz CT molecular complexity index is 765. The highest BCUT2D eigenvalue weighted by Crippen LogP contribution is 2.49. The molecule has 0 aromatic rings. The van der Waals surface area contributed by atoms with Crippen molar-refractivity contribution in [3.05, 3.63) is 0 Å². The molecule has 222 valence electrons. The molecule has 0 spiro atoms. The van der Waals surface area contributed by atoms with Gasteiger partial charge in [-0.05, 0) is 54.4 Å². The Morgan fingerprint density at radius 2 is 1.18 bits per heavy atom. The van der Waals surface area contributed by atoms with Gasteiger partial charge in [0.2, 0.25) is 13.6 Å². The van der Waals surface area contributed by atoms with Gasteiger partial charge in [-0.3, -0.25) is 28.0 Å². The summed E-state index contributed by atoms with van der Waals surface area (Å²) < 4.78 is 33.7. The summed E-state index contributed by atoms with van der Waals surface area (Å²) in [6.45, 7) is 10.8. The Morgan fingerprint density at radius 1 is 0.711 bits per heavy atom. The first-order valence-electron chi connectivity index (χ1n) is 13.2. The van der Waals surface area contributed by atoms with Crippen molar-refractivity contribution in [3.63, 3.8) is 0 Å². The van der Waals surface area contributed by atoms with E-state index in [0.717, 1.165) is 30.7 Å². The minimum atomic E-state index is -3.91. The number of ether oxygens (including phenoxy) is 2. The van der Waals surface area contributed by atoms with Gasteiger partial charge in [-0.15, -0.1) is 0 Å². The Balaban J connectivity index is 4.75. The van der Waals surface area contributed by atoms with E-state index in [4.69, 9.17) is 23.4 Å². The van der Waals surface area contributed by atoms with Gasteiger partial charge in [0.05, 0.1) is 17.0 Å². The standard InChI is InChI=1S/C26H48NO10P/c1-9-10-11-12-13-14-17-22(29)37-27(8)21(28)16-15-18-38(32,35-19-33-23(30)25(2,3)4)36-20-34-24(31)26(5,6)7/h9-20H2,1-8H3. The average molecular weight is 566 g/mol. The molecule has 0 bridgehead atoms. The fourth-order valence-corrected chi connectivity index (χ4v) is 4.10. The predicted octanol–water partition coefficient (Wildman–Crippen LogP) is 5.75. The minimum Gasteiger partial charge on any atom is -0.438 e. The molecule has 0 N–H and O–H groups in total. The maximum Gasteiger partial charge on any atom is 0.336 e. The van der Waals surface area contributed by atoms with Gasteiger partial charge >= 0.3 is 25.5 Å². The number of hydrogen-bond acceptors (Lipinski definition) is 10. The Kier molecular flexibility index (Phi) is 16.7. The molecule has 0 aromatic carbocycles. The zero-order valence-electron chi connectivity index (χ0n) is 24.5. The minimum absolute atomic E-state index is 0.0515. The van der Waals surface area contributed by atoms with E-state index >= 15 is 0 Å². The van der Waals surface area contributed by atoms with Gasteiger partial charge in [-0.2, -0.15) is 5.06 Å². The number of hydrogen-bond donors (Lipinski definition) is 0. The topological polar surface area (TPSA) is 135 Å². The molecule has 0 aliphatic rings. The third-order valence-corrected chi connectivity index (χ3v) is 7.11. The summed E-state index contributed by atoms with van der Waals surface area (Å²) in [6.07, 6.45) is 6.09. The van der Waals surface area contributed by atoms with Crippen molar-refractivity contribution in [1.82, 2.24) is 5.06 Å². The molecule has 0 aliphatic carbocycles. The smallest absolute Gasteiger partial charge is 0.336 e. The molecule has 0 heterocycles. The predicted molar refractivity (Wildman–Crippen MR) is 142 cm³/mol. The van der Waals surface area contributed by atoms with E-state index < -0.39 is 55.8 Å². The first-order valence-corrected chi connectivity index (χ1v) is 14.9. The third-order valence-electron chi connectivity index (χ3n) is 5.25. The number of unbranched alkanes of at least 4 members (excludes halogenated alkanes) is 5. The molecule has 0 unspecified atom stereocenters. The highest BCUT2D eigenvalue weighted by molar-refractivity contribution is 7.53.